The van der Waals surface area contributed by atoms with E-state index in [0.717, 1.165) is 18.0 Å². The Labute approximate surface area is 147 Å². The molecule has 0 saturated carbocycles. The van der Waals surface area contributed by atoms with Crippen LogP contribution >= 0.6 is 0 Å². The molecule has 3 N–H and O–H groups in total. The Balaban J connectivity index is 2.05. The maximum Gasteiger partial charge on any atom is 0.230 e. The highest BCUT2D eigenvalue weighted by molar-refractivity contribution is 5.94. The van der Waals surface area contributed by atoms with Gasteiger partial charge in [-0.15, -0.1) is 0 Å². The molecule has 0 aromatic heterocycles. The van der Waals surface area contributed by atoms with Gasteiger partial charge in [-0.3, -0.25) is 4.79 Å². The number of carboxylic acids is 1. The summed E-state index contributed by atoms with van der Waals surface area (Å²) in [5, 5.41) is 14.2. The zero-order chi connectivity index (χ0) is 18.4. The summed E-state index contributed by atoms with van der Waals surface area (Å²) >= 11 is 0. The number of aliphatic carboxylic acids is 1. The van der Waals surface area contributed by atoms with E-state index in [1.807, 2.05) is 0 Å². The van der Waals surface area contributed by atoms with E-state index in [2.05, 4.69) is 12.4 Å². The first-order chi connectivity index (χ1) is 11.9. The van der Waals surface area contributed by atoms with Crippen LogP contribution < -0.4 is 29.7 Å². The number of amides is 1. The summed E-state index contributed by atoms with van der Waals surface area (Å²) in [7, 11) is 5.10. The maximum atomic E-state index is 12.4. The lowest BCUT2D eigenvalue weighted by atomic mass is 10.1. The van der Waals surface area contributed by atoms with Crippen LogP contribution in [-0.4, -0.2) is 65.4 Å². The van der Waals surface area contributed by atoms with Crippen molar-refractivity contribution in [3.8, 4) is 11.5 Å². The van der Waals surface area contributed by atoms with Crippen LogP contribution in [0, 0.1) is 0 Å². The van der Waals surface area contributed by atoms with Crippen molar-refractivity contribution in [1.82, 2.24) is 0 Å². The molecule has 1 aliphatic heterocycles. The molecule has 0 unspecified atom stereocenters. The normalized spacial score (nSPS) is 21.2. The minimum atomic E-state index is -1.19. The summed E-state index contributed by atoms with van der Waals surface area (Å²) in [5.41, 5.74) is 0.446. The van der Waals surface area contributed by atoms with E-state index in [0.29, 0.717) is 30.3 Å². The van der Waals surface area contributed by atoms with E-state index in [1.165, 1.54) is 19.1 Å². The lowest BCUT2D eigenvalue weighted by Gasteiger charge is -2.33. The summed E-state index contributed by atoms with van der Waals surface area (Å²) < 4.78 is 10.4. The number of hydrogen-bond donors (Lipinski definition) is 3. The molecule has 0 aliphatic carbocycles. The predicted molar refractivity (Wildman–Crippen MR) is 88.9 cm³/mol. The third-order valence-corrected chi connectivity index (χ3v) is 4.59. The van der Waals surface area contributed by atoms with Gasteiger partial charge in [-0.1, -0.05) is 0 Å². The maximum absolute atomic E-state index is 12.4. The van der Waals surface area contributed by atoms with Crippen LogP contribution in [0.1, 0.15) is 6.42 Å². The topological polar surface area (TPSA) is 96.6 Å². The smallest absolute Gasteiger partial charge is 0.230 e. The molecule has 1 heterocycles. The Morgan fingerprint density at radius 1 is 1.20 bits per heavy atom. The molecule has 0 spiro atoms. The van der Waals surface area contributed by atoms with E-state index >= 15 is 0 Å². The Morgan fingerprint density at radius 3 is 2.44 bits per heavy atom. The summed E-state index contributed by atoms with van der Waals surface area (Å²) in [6.07, 6.45) is -0.142. The standard InChI is InChI=1S/C17H25N3O5/c1-19-6-8-20(9-7-19)14(17(22)23)11-16(21)18-13-10-12(24-2)4-5-15(13)25-3/h4-5,10,14H,6-9,11H2,1-3H3,(H,18,21)(H,22,23)/p+1/t14-/m1/s1. The lowest BCUT2D eigenvalue weighted by Crippen LogP contribution is -3.29. The van der Waals surface area contributed by atoms with Crippen LogP contribution in [0.3, 0.4) is 0 Å². The van der Waals surface area contributed by atoms with Gasteiger partial charge in [0.15, 0.2) is 0 Å². The van der Waals surface area contributed by atoms with Crippen LogP contribution in [0.25, 0.3) is 0 Å². The number of carboxylic acid groups (broad SMARTS) is 1. The Kier molecular flexibility index (Phi) is 6.60. The molecule has 8 nitrogen and oxygen atoms in total. The van der Waals surface area contributed by atoms with Gasteiger partial charge in [0.05, 0.1) is 39.3 Å². The molecule has 1 atom stereocenters. The highest BCUT2D eigenvalue weighted by Gasteiger charge is 2.31. The summed E-state index contributed by atoms with van der Waals surface area (Å²) in [5.74, 6) is -0.531. The summed E-state index contributed by atoms with van der Waals surface area (Å²) in [4.78, 5) is 26.2. The molecule has 8 heteroatoms. The van der Waals surface area contributed by atoms with Crippen LogP contribution in [0.4, 0.5) is 5.69 Å². The number of likely N-dealkylation sites (N-methyl/N-ethyl adjacent to an activating group) is 1. The summed E-state index contributed by atoms with van der Waals surface area (Å²) in [6, 6.07) is 4.18. The van der Waals surface area contributed by atoms with Crippen molar-refractivity contribution in [2.75, 3.05) is 52.8 Å². The Bertz CT molecular complexity index is 614. The minimum Gasteiger partial charge on any atom is -0.544 e. The number of piperazine rings is 1. The van der Waals surface area contributed by atoms with Crippen LogP contribution in [-0.2, 0) is 9.59 Å². The second kappa shape index (κ2) is 8.68. The number of nitrogens with one attached hydrogen (secondary N) is 3. The fraction of sp³-hybridized carbons (Fsp3) is 0.529. The predicted octanol–water partition coefficient (Wildman–Crippen LogP) is -3.44. The number of rotatable bonds is 7. The summed E-state index contributed by atoms with van der Waals surface area (Å²) in [6.45, 7) is 3.18. The van der Waals surface area contributed by atoms with Gasteiger partial charge in [0.2, 0.25) is 5.91 Å². The van der Waals surface area contributed by atoms with Crippen molar-refractivity contribution in [1.29, 1.82) is 0 Å². The van der Waals surface area contributed by atoms with Gasteiger partial charge < -0.3 is 34.5 Å². The minimum absolute atomic E-state index is 0.142. The first kappa shape index (κ1) is 19.0. The molecule has 1 aromatic rings. The average Bonchev–Trinajstić information content (AvgIpc) is 2.60. The molecular formula is C17H26N3O5+. The number of hydrogen-bond acceptors (Lipinski definition) is 5. The Hall–Kier alpha value is -2.32. The molecule has 1 aliphatic rings. The number of ether oxygens (including phenoxy) is 2. The highest BCUT2D eigenvalue weighted by atomic mass is 16.5. The van der Waals surface area contributed by atoms with Crippen molar-refractivity contribution >= 4 is 17.6 Å². The van der Waals surface area contributed by atoms with Gasteiger partial charge in [0, 0.05) is 6.07 Å². The van der Waals surface area contributed by atoms with Gasteiger partial charge in [-0.2, -0.15) is 0 Å². The van der Waals surface area contributed by atoms with Gasteiger partial charge >= 0.3 is 0 Å². The molecule has 0 radical (unpaired) electrons. The number of benzene rings is 1. The fourth-order valence-corrected chi connectivity index (χ4v) is 3.04. The Morgan fingerprint density at radius 2 is 1.88 bits per heavy atom. The molecule has 0 bridgehead atoms. The third kappa shape index (κ3) is 5.07. The number of methoxy groups -OCH3 is 2. The molecule has 1 amide bonds. The second-order valence-corrected chi connectivity index (χ2v) is 6.31. The first-order valence-corrected chi connectivity index (χ1v) is 8.33. The van der Waals surface area contributed by atoms with Crippen LogP contribution in [0.5, 0.6) is 11.5 Å². The van der Waals surface area contributed by atoms with Crippen molar-refractivity contribution in [3.63, 3.8) is 0 Å². The monoisotopic (exact) mass is 352 g/mol. The van der Waals surface area contributed by atoms with E-state index in [1.54, 1.807) is 18.2 Å². The van der Waals surface area contributed by atoms with Gasteiger partial charge in [0.25, 0.3) is 0 Å². The average molecular weight is 352 g/mol. The second-order valence-electron chi connectivity index (χ2n) is 6.31. The van der Waals surface area contributed by atoms with Crippen molar-refractivity contribution in [3.05, 3.63) is 18.2 Å². The lowest BCUT2D eigenvalue weighted by molar-refractivity contribution is -1.01. The molecule has 25 heavy (non-hydrogen) atoms. The van der Waals surface area contributed by atoms with Crippen molar-refractivity contribution in [2.24, 2.45) is 0 Å². The number of anilines is 1. The zero-order valence-electron chi connectivity index (χ0n) is 14.9. The van der Waals surface area contributed by atoms with Gasteiger partial charge in [-0.05, 0) is 12.1 Å². The van der Waals surface area contributed by atoms with E-state index in [-0.39, 0.29) is 12.3 Å². The van der Waals surface area contributed by atoms with E-state index in [9.17, 15) is 14.7 Å². The highest BCUT2D eigenvalue weighted by Crippen LogP contribution is 2.28. The molecule has 1 saturated heterocycles. The van der Waals surface area contributed by atoms with Crippen LogP contribution in [0.15, 0.2) is 18.2 Å². The van der Waals surface area contributed by atoms with Crippen molar-refractivity contribution in [2.45, 2.75) is 12.5 Å². The first-order valence-electron chi connectivity index (χ1n) is 8.33. The van der Waals surface area contributed by atoms with E-state index in [4.69, 9.17) is 9.47 Å². The molecule has 1 aromatic carbocycles. The number of carbonyl (C=O) groups is 2. The molecule has 138 valence electrons. The van der Waals surface area contributed by atoms with Gasteiger partial charge in [-0.25, -0.2) is 0 Å². The van der Waals surface area contributed by atoms with Gasteiger partial charge in [0.1, 0.15) is 43.7 Å². The third-order valence-electron chi connectivity index (χ3n) is 4.59. The molecular weight excluding hydrogens is 326 g/mol. The zero-order valence-corrected chi connectivity index (χ0v) is 14.9. The fourth-order valence-electron chi connectivity index (χ4n) is 3.04. The number of carbonyl (C=O) groups excluding carboxylic acids is 2. The SMILES string of the molecule is COc1ccc(OC)c(NC(=O)C[C@H](C(=O)[O-])[NH+]2CC[NH+](C)CC2)c1. The van der Waals surface area contributed by atoms with E-state index < -0.39 is 12.0 Å². The molecule has 2 rings (SSSR count). The molecule has 1 fully saturated rings. The number of quaternary nitrogens is 2. The quantitative estimate of drug-likeness (QED) is 0.475. The largest absolute Gasteiger partial charge is 0.544 e. The van der Waals surface area contributed by atoms with Crippen molar-refractivity contribution < 1.29 is 34.0 Å². The van der Waals surface area contributed by atoms with Crippen LogP contribution in [0.2, 0.25) is 0 Å².